The highest BCUT2D eigenvalue weighted by Crippen LogP contribution is 2.30. The summed E-state index contributed by atoms with van der Waals surface area (Å²) >= 11 is 2.48. The van der Waals surface area contributed by atoms with Gasteiger partial charge in [0, 0.05) is 24.1 Å². The number of hydrogen-bond acceptors (Lipinski definition) is 4. The van der Waals surface area contributed by atoms with Gasteiger partial charge in [-0.3, -0.25) is 4.79 Å². The van der Waals surface area contributed by atoms with Gasteiger partial charge in [-0.15, -0.1) is 11.3 Å². The van der Waals surface area contributed by atoms with Crippen molar-refractivity contribution >= 4 is 29.0 Å². The molecule has 0 aliphatic heterocycles. The lowest BCUT2D eigenvalue weighted by atomic mass is 10.2. The van der Waals surface area contributed by atoms with E-state index in [2.05, 4.69) is 4.98 Å². The lowest BCUT2D eigenvalue weighted by Gasteiger charge is -2.19. The third-order valence-electron chi connectivity index (χ3n) is 2.43. The lowest BCUT2D eigenvalue weighted by Crippen LogP contribution is -2.32. The fourth-order valence-electron chi connectivity index (χ4n) is 1.49. The van der Waals surface area contributed by atoms with Crippen LogP contribution in [-0.2, 0) is 17.5 Å². The fraction of sp³-hybridized carbons (Fsp3) is 0.636. The van der Waals surface area contributed by atoms with Crippen LogP contribution in [0.4, 0.5) is 13.2 Å². The van der Waals surface area contributed by atoms with Gasteiger partial charge < -0.3 is 4.90 Å². The molecule has 1 aromatic heterocycles. The summed E-state index contributed by atoms with van der Waals surface area (Å²) in [5, 5.41) is 1.26. The van der Waals surface area contributed by atoms with E-state index in [1.54, 1.807) is 25.7 Å². The Labute approximate surface area is 118 Å². The molecule has 1 aromatic rings. The van der Waals surface area contributed by atoms with Gasteiger partial charge in [0.1, 0.15) is 5.01 Å². The maximum atomic E-state index is 12.4. The van der Waals surface area contributed by atoms with Crippen molar-refractivity contribution in [2.45, 2.75) is 19.6 Å². The molecule has 0 aliphatic rings. The number of alkyl halides is 3. The Morgan fingerprint density at radius 2 is 2.21 bits per heavy atom. The Bertz CT molecular complexity index is 434. The molecule has 1 rings (SSSR count). The van der Waals surface area contributed by atoms with Crippen molar-refractivity contribution in [3.63, 3.8) is 0 Å². The molecule has 3 nitrogen and oxygen atoms in total. The van der Waals surface area contributed by atoms with Crippen molar-refractivity contribution < 1.29 is 18.0 Å². The normalized spacial score (nSPS) is 13.4. The number of carbonyl (C=O) groups excluding carboxylic acids is 1. The summed E-state index contributed by atoms with van der Waals surface area (Å²) in [4.78, 5) is 16.8. The second kappa shape index (κ2) is 6.60. The van der Waals surface area contributed by atoms with Crippen LogP contribution in [-0.4, -0.2) is 34.8 Å². The predicted octanol–water partition coefficient (Wildman–Crippen LogP) is 3.12. The molecule has 0 fully saturated rings. The summed E-state index contributed by atoms with van der Waals surface area (Å²) < 4.78 is 37.2. The van der Waals surface area contributed by atoms with Gasteiger partial charge in [-0.2, -0.15) is 24.9 Å². The van der Waals surface area contributed by atoms with Gasteiger partial charge in [-0.05, 0) is 6.26 Å². The second-order valence-electron chi connectivity index (χ2n) is 4.17. The number of carbonyl (C=O) groups is 1. The van der Waals surface area contributed by atoms with Crippen molar-refractivity contribution in [2.75, 3.05) is 19.1 Å². The third kappa shape index (κ3) is 4.68. The third-order valence-corrected chi connectivity index (χ3v) is 4.10. The van der Waals surface area contributed by atoms with E-state index in [4.69, 9.17) is 0 Å². The Morgan fingerprint density at radius 1 is 1.58 bits per heavy atom. The number of hydrogen-bond donors (Lipinski definition) is 0. The van der Waals surface area contributed by atoms with Crippen LogP contribution in [0, 0.1) is 5.92 Å². The van der Waals surface area contributed by atoms with E-state index in [-0.39, 0.29) is 18.4 Å². The Morgan fingerprint density at radius 3 is 2.68 bits per heavy atom. The van der Waals surface area contributed by atoms with Crippen LogP contribution in [0.5, 0.6) is 0 Å². The van der Waals surface area contributed by atoms with Gasteiger partial charge in [0.25, 0.3) is 0 Å². The molecule has 0 unspecified atom stereocenters. The predicted molar refractivity (Wildman–Crippen MR) is 71.1 cm³/mol. The Kier molecular flexibility index (Phi) is 5.66. The smallest absolute Gasteiger partial charge is 0.339 e. The molecule has 0 aliphatic carbocycles. The van der Waals surface area contributed by atoms with Crippen LogP contribution in [0.3, 0.4) is 0 Å². The molecule has 0 bridgehead atoms. The zero-order valence-corrected chi connectivity index (χ0v) is 12.5. The minimum atomic E-state index is -4.43. The summed E-state index contributed by atoms with van der Waals surface area (Å²) in [7, 11) is 1.58. The topological polar surface area (TPSA) is 33.2 Å². The van der Waals surface area contributed by atoms with E-state index < -0.39 is 11.9 Å². The standard InChI is InChI=1S/C11H15F3N2OS2/c1-7(5-18-3)10(17)16(2)4-9-15-8(6-19-9)11(12,13)14/h6-7H,4-5H2,1-3H3/t7-/m1/s1. The number of nitrogens with zero attached hydrogens (tertiary/aromatic N) is 2. The highest BCUT2D eigenvalue weighted by Gasteiger charge is 2.33. The van der Waals surface area contributed by atoms with E-state index in [9.17, 15) is 18.0 Å². The van der Waals surface area contributed by atoms with Crippen molar-refractivity contribution in [1.82, 2.24) is 9.88 Å². The fourth-order valence-corrected chi connectivity index (χ4v) is 2.99. The van der Waals surface area contributed by atoms with Crippen LogP contribution in [0.2, 0.25) is 0 Å². The zero-order chi connectivity index (χ0) is 14.6. The van der Waals surface area contributed by atoms with Crippen LogP contribution in [0.15, 0.2) is 5.38 Å². The van der Waals surface area contributed by atoms with Crippen LogP contribution < -0.4 is 0 Å². The molecule has 0 N–H and O–H groups in total. The summed E-state index contributed by atoms with van der Waals surface area (Å²) in [6.45, 7) is 1.91. The van der Waals surface area contributed by atoms with Crippen molar-refractivity contribution in [3.05, 3.63) is 16.1 Å². The minimum absolute atomic E-state index is 0.0851. The molecule has 0 saturated carbocycles. The molecular formula is C11H15F3N2OS2. The lowest BCUT2D eigenvalue weighted by molar-refractivity contribution is -0.140. The maximum Gasteiger partial charge on any atom is 0.434 e. The van der Waals surface area contributed by atoms with Gasteiger partial charge in [0.05, 0.1) is 6.54 Å². The number of aromatic nitrogens is 1. The maximum absolute atomic E-state index is 12.4. The second-order valence-corrected chi connectivity index (χ2v) is 6.03. The van der Waals surface area contributed by atoms with E-state index in [0.29, 0.717) is 10.8 Å². The van der Waals surface area contributed by atoms with Crippen molar-refractivity contribution in [3.8, 4) is 0 Å². The molecule has 1 heterocycles. The molecule has 108 valence electrons. The van der Waals surface area contributed by atoms with Crippen LogP contribution in [0.1, 0.15) is 17.6 Å². The average Bonchev–Trinajstić information content (AvgIpc) is 2.76. The summed E-state index contributed by atoms with van der Waals surface area (Å²) in [6, 6.07) is 0. The molecular weight excluding hydrogens is 297 g/mol. The summed E-state index contributed by atoms with van der Waals surface area (Å²) in [6.07, 6.45) is -2.52. The van der Waals surface area contributed by atoms with Gasteiger partial charge in [-0.25, -0.2) is 4.98 Å². The first-order chi connectivity index (χ1) is 8.75. The summed E-state index contributed by atoms with van der Waals surface area (Å²) in [5.74, 6) is 0.453. The van der Waals surface area contributed by atoms with Crippen molar-refractivity contribution in [2.24, 2.45) is 5.92 Å². The van der Waals surface area contributed by atoms with Gasteiger partial charge in [-0.1, -0.05) is 6.92 Å². The first kappa shape index (κ1) is 16.3. The van der Waals surface area contributed by atoms with Gasteiger partial charge >= 0.3 is 6.18 Å². The molecule has 0 radical (unpaired) electrons. The summed E-state index contributed by atoms with van der Waals surface area (Å²) in [5.41, 5.74) is -0.898. The van der Waals surface area contributed by atoms with E-state index in [1.807, 2.05) is 6.26 Å². The zero-order valence-electron chi connectivity index (χ0n) is 10.8. The van der Waals surface area contributed by atoms with Crippen LogP contribution in [0.25, 0.3) is 0 Å². The van der Waals surface area contributed by atoms with Crippen molar-refractivity contribution in [1.29, 1.82) is 0 Å². The highest BCUT2D eigenvalue weighted by atomic mass is 32.2. The number of rotatable bonds is 5. The molecule has 1 atom stereocenters. The first-order valence-electron chi connectivity index (χ1n) is 5.51. The van der Waals surface area contributed by atoms with Gasteiger partial charge in [0.2, 0.25) is 5.91 Å². The SMILES string of the molecule is CSC[C@@H](C)C(=O)N(C)Cc1nc(C(F)(F)F)cs1. The highest BCUT2D eigenvalue weighted by molar-refractivity contribution is 7.98. The molecule has 8 heteroatoms. The first-order valence-corrected chi connectivity index (χ1v) is 7.78. The molecule has 0 spiro atoms. The van der Waals surface area contributed by atoms with Crippen LogP contribution >= 0.6 is 23.1 Å². The molecule has 0 saturated heterocycles. The molecule has 0 aromatic carbocycles. The quantitative estimate of drug-likeness (QED) is 0.837. The number of thioether (sulfide) groups is 1. The number of thiazole rings is 1. The van der Waals surface area contributed by atoms with Gasteiger partial charge in [0.15, 0.2) is 5.69 Å². The number of amides is 1. The molecule has 1 amide bonds. The number of halogens is 3. The van der Waals surface area contributed by atoms with E-state index >= 15 is 0 Å². The Balaban J connectivity index is 2.64. The monoisotopic (exact) mass is 312 g/mol. The largest absolute Gasteiger partial charge is 0.434 e. The minimum Gasteiger partial charge on any atom is -0.339 e. The average molecular weight is 312 g/mol. The van der Waals surface area contributed by atoms with E-state index in [1.165, 1.54) is 4.90 Å². The molecule has 19 heavy (non-hydrogen) atoms. The Hall–Kier alpha value is -0.760. The van der Waals surface area contributed by atoms with E-state index in [0.717, 1.165) is 16.7 Å².